The van der Waals surface area contributed by atoms with Crippen molar-refractivity contribution in [2.45, 2.75) is 13.3 Å². The molecule has 0 saturated carbocycles. The van der Waals surface area contributed by atoms with Crippen LogP contribution in [-0.2, 0) is 19.1 Å². The van der Waals surface area contributed by atoms with E-state index in [9.17, 15) is 19.2 Å². The molecule has 168 valence electrons. The average Bonchev–Trinajstić information content (AvgIpc) is 3.11. The van der Waals surface area contributed by atoms with Crippen molar-refractivity contribution in [3.05, 3.63) is 62.0 Å². The Bertz CT molecular complexity index is 1080. The lowest BCUT2D eigenvalue weighted by Crippen LogP contribution is -2.43. The Morgan fingerprint density at radius 1 is 1.19 bits per heavy atom. The summed E-state index contributed by atoms with van der Waals surface area (Å²) >= 11 is 15.1. The first-order chi connectivity index (χ1) is 15.1. The SMILES string of the molecule is Cc1cc(Br)c(Cl)cc1NC(=O)COC(=O)[C@H]1CC(=O)N(NC(=O)c2ccc(Cl)cc2)C1. The highest BCUT2D eigenvalue weighted by Gasteiger charge is 2.36. The van der Waals surface area contributed by atoms with Gasteiger partial charge in [0.05, 0.1) is 17.5 Å². The van der Waals surface area contributed by atoms with Crippen LogP contribution in [0.25, 0.3) is 0 Å². The van der Waals surface area contributed by atoms with Crippen molar-refractivity contribution in [3.8, 4) is 0 Å². The number of hydrogen-bond donors (Lipinski definition) is 2. The monoisotopic (exact) mass is 541 g/mol. The van der Waals surface area contributed by atoms with Gasteiger partial charge >= 0.3 is 5.97 Å². The van der Waals surface area contributed by atoms with E-state index in [0.717, 1.165) is 10.6 Å². The minimum Gasteiger partial charge on any atom is -0.455 e. The van der Waals surface area contributed by atoms with Crippen LogP contribution in [0.15, 0.2) is 40.9 Å². The number of anilines is 1. The first-order valence-electron chi connectivity index (χ1n) is 9.43. The number of hydrazine groups is 1. The van der Waals surface area contributed by atoms with E-state index in [-0.39, 0.29) is 13.0 Å². The maximum absolute atomic E-state index is 12.3. The van der Waals surface area contributed by atoms with Gasteiger partial charge < -0.3 is 10.1 Å². The minimum atomic E-state index is -0.801. The second-order valence-corrected chi connectivity index (χ2v) is 8.79. The summed E-state index contributed by atoms with van der Waals surface area (Å²) in [6.07, 6.45) is -0.136. The third-order valence-electron chi connectivity index (χ3n) is 4.69. The molecule has 2 N–H and O–H groups in total. The van der Waals surface area contributed by atoms with Crippen molar-refractivity contribution in [2.75, 3.05) is 18.5 Å². The Kier molecular flexibility index (Phi) is 7.76. The molecular formula is C21H18BrCl2N3O5. The molecule has 0 unspecified atom stereocenters. The van der Waals surface area contributed by atoms with Crippen LogP contribution in [0.2, 0.25) is 10.0 Å². The van der Waals surface area contributed by atoms with E-state index in [1.54, 1.807) is 31.2 Å². The van der Waals surface area contributed by atoms with Crippen molar-refractivity contribution in [3.63, 3.8) is 0 Å². The number of ether oxygens (including phenoxy) is 1. The molecule has 1 aliphatic rings. The molecule has 1 heterocycles. The first kappa shape index (κ1) is 24.0. The van der Waals surface area contributed by atoms with E-state index in [2.05, 4.69) is 26.7 Å². The molecule has 2 aromatic rings. The number of amides is 3. The second kappa shape index (κ2) is 10.3. The number of aryl methyl sites for hydroxylation is 1. The number of nitrogens with zero attached hydrogens (tertiary/aromatic N) is 1. The summed E-state index contributed by atoms with van der Waals surface area (Å²) in [7, 11) is 0. The third-order valence-corrected chi connectivity index (χ3v) is 6.14. The highest BCUT2D eigenvalue weighted by Crippen LogP contribution is 2.29. The Hall–Kier alpha value is -2.62. The van der Waals surface area contributed by atoms with Crippen LogP contribution in [0, 0.1) is 12.8 Å². The number of esters is 1. The smallest absolute Gasteiger partial charge is 0.311 e. The van der Waals surface area contributed by atoms with E-state index in [1.807, 2.05) is 0 Å². The second-order valence-electron chi connectivity index (χ2n) is 7.09. The van der Waals surface area contributed by atoms with Gasteiger partial charge in [0.25, 0.3) is 11.8 Å². The maximum Gasteiger partial charge on any atom is 0.311 e. The van der Waals surface area contributed by atoms with Crippen LogP contribution in [0.5, 0.6) is 0 Å². The standard InChI is InChI=1S/C21H18BrCl2N3O5/c1-11-6-15(22)16(24)8-17(11)25-18(28)10-32-21(31)13-7-19(29)27(9-13)26-20(30)12-2-4-14(23)5-3-12/h2-6,8,13H,7,9-10H2,1H3,(H,25,28)(H,26,30)/t13-/m0/s1. The molecule has 2 aromatic carbocycles. The third kappa shape index (κ3) is 5.99. The Labute approximate surface area is 202 Å². The van der Waals surface area contributed by atoms with Gasteiger partial charge in [-0.1, -0.05) is 23.2 Å². The van der Waals surface area contributed by atoms with Crippen LogP contribution in [-0.4, -0.2) is 41.9 Å². The molecular weight excluding hydrogens is 525 g/mol. The Morgan fingerprint density at radius 3 is 2.56 bits per heavy atom. The van der Waals surface area contributed by atoms with Crippen LogP contribution >= 0.6 is 39.1 Å². The van der Waals surface area contributed by atoms with E-state index in [1.165, 1.54) is 12.1 Å². The van der Waals surface area contributed by atoms with E-state index in [0.29, 0.717) is 25.8 Å². The molecule has 3 rings (SSSR count). The van der Waals surface area contributed by atoms with Crippen molar-refractivity contribution >= 4 is 68.5 Å². The summed E-state index contributed by atoms with van der Waals surface area (Å²) in [6, 6.07) is 9.47. The van der Waals surface area contributed by atoms with Gasteiger partial charge in [-0.15, -0.1) is 0 Å². The fourth-order valence-corrected chi connectivity index (χ4v) is 3.73. The van der Waals surface area contributed by atoms with Crippen LogP contribution in [0.1, 0.15) is 22.3 Å². The predicted octanol–water partition coefficient (Wildman–Crippen LogP) is 3.74. The number of hydrogen-bond acceptors (Lipinski definition) is 5. The van der Waals surface area contributed by atoms with Crippen molar-refractivity contribution in [1.29, 1.82) is 0 Å². The zero-order valence-corrected chi connectivity index (χ0v) is 19.9. The van der Waals surface area contributed by atoms with Gasteiger partial charge in [-0.3, -0.25) is 29.6 Å². The molecule has 8 nitrogen and oxygen atoms in total. The molecule has 11 heteroatoms. The minimum absolute atomic E-state index is 0.0555. The van der Waals surface area contributed by atoms with E-state index < -0.39 is 36.2 Å². The summed E-state index contributed by atoms with van der Waals surface area (Å²) in [5, 5.41) is 4.59. The quantitative estimate of drug-likeness (QED) is 0.541. The maximum atomic E-state index is 12.3. The first-order valence-corrected chi connectivity index (χ1v) is 11.0. The van der Waals surface area contributed by atoms with Crippen LogP contribution in [0.4, 0.5) is 5.69 Å². The topological polar surface area (TPSA) is 105 Å². The van der Waals surface area contributed by atoms with Gasteiger partial charge in [0.1, 0.15) is 0 Å². The summed E-state index contributed by atoms with van der Waals surface area (Å²) in [6.45, 7) is 1.22. The Balaban J connectivity index is 1.50. The van der Waals surface area contributed by atoms with Gasteiger partial charge in [-0.05, 0) is 64.8 Å². The molecule has 0 aromatic heterocycles. The number of benzene rings is 2. The number of carbonyl (C=O) groups excluding carboxylic acids is 4. The van der Waals surface area contributed by atoms with Crippen molar-refractivity contribution < 1.29 is 23.9 Å². The van der Waals surface area contributed by atoms with E-state index in [4.69, 9.17) is 27.9 Å². The van der Waals surface area contributed by atoms with Crippen LogP contribution in [0.3, 0.4) is 0 Å². The molecule has 0 aliphatic carbocycles. The summed E-state index contributed by atoms with van der Waals surface area (Å²) in [5.74, 6) is -2.99. The summed E-state index contributed by atoms with van der Waals surface area (Å²) < 4.78 is 5.75. The molecule has 0 bridgehead atoms. The summed E-state index contributed by atoms with van der Waals surface area (Å²) in [5.41, 5.74) is 4.04. The van der Waals surface area contributed by atoms with E-state index >= 15 is 0 Å². The highest BCUT2D eigenvalue weighted by molar-refractivity contribution is 9.10. The zero-order chi connectivity index (χ0) is 23.4. The molecule has 1 atom stereocenters. The lowest BCUT2D eigenvalue weighted by molar-refractivity contribution is -0.151. The van der Waals surface area contributed by atoms with Crippen molar-refractivity contribution in [1.82, 2.24) is 10.4 Å². The normalized spacial score (nSPS) is 15.4. The molecule has 3 amide bonds. The molecule has 32 heavy (non-hydrogen) atoms. The number of rotatable bonds is 6. The lowest BCUT2D eigenvalue weighted by atomic mass is 10.1. The van der Waals surface area contributed by atoms with Gasteiger partial charge in [0.2, 0.25) is 5.91 Å². The molecule has 1 aliphatic heterocycles. The summed E-state index contributed by atoms with van der Waals surface area (Å²) in [4.78, 5) is 48.9. The Morgan fingerprint density at radius 2 is 1.88 bits per heavy atom. The number of nitrogens with one attached hydrogen (secondary N) is 2. The molecule has 1 fully saturated rings. The van der Waals surface area contributed by atoms with Gasteiger partial charge in [0, 0.05) is 27.2 Å². The fraction of sp³-hybridized carbons (Fsp3) is 0.238. The average molecular weight is 543 g/mol. The largest absolute Gasteiger partial charge is 0.455 e. The predicted molar refractivity (Wildman–Crippen MR) is 122 cm³/mol. The highest BCUT2D eigenvalue weighted by atomic mass is 79.9. The molecule has 1 saturated heterocycles. The lowest BCUT2D eigenvalue weighted by Gasteiger charge is -2.17. The van der Waals surface area contributed by atoms with Crippen LogP contribution < -0.4 is 10.7 Å². The fourth-order valence-electron chi connectivity index (χ4n) is 2.98. The van der Waals surface area contributed by atoms with Gasteiger partial charge in [-0.2, -0.15) is 0 Å². The van der Waals surface area contributed by atoms with Gasteiger partial charge in [-0.25, -0.2) is 0 Å². The zero-order valence-electron chi connectivity index (χ0n) is 16.8. The van der Waals surface area contributed by atoms with Crippen molar-refractivity contribution in [2.24, 2.45) is 5.92 Å². The molecule has 0 spiro atoms. The number of halogens is 3. The molecule has 0 radical (unpaired) electrons. The van der Waals surface area contributed by atoms with Gasteiger partial charge in [0.15, 0.2) is 6.61 Å². The number of carbonyl (C=O) groups is 4.